The van der Waals surface area contributed by atoms with Crippen LogP contribution in [0.4, 0.5) is 0 Å². The molecule has 0 bridgehead atoms. The van der Waals surface area contributed by atoms with E-state index in [1.54, 1.807) is 18.3 Å². The Balaban J connectivity index is 1.60. The third kappa shape index (κ3) is 4.76. The third-order valence-corrected chi connectivity index (χ3v) is 4.56. The molecule has 3 N–H and O–H groups in total. The van der Waals surface area contributed by atoms with E-state index in [1.807, 2.05) is 13.8 Å². The van der Waals surface area contributed by atoms with Crippen LogP contribution in [0, 0.1) is 0 Å². The van der Waals surface area contributed by atoms with Gasteiger partial charge in [-0.2, -0.15) is 0 Å². The van der Waals surface area contributed by atoms with Crippen molar-refractivity contribution in [2.24, 2.45) is 0 Å². The van der Waals surface area contributed by atoms with E-state index in [0.29, 0.717) is 24.6 Å². The van der Waals surface area contributed by atoms with Crippen molar-refractivity contribution in [2.75, 3.05) is 0 Å². The lowest BCUT2D eigenvalue weighted by Gasteiger charge is -2.27. The summed E-state index contributed by atoms with van der Waals surface area (Å²) in [4.78, 5) is 23.7. The molecule has 1 atom stereocenters. The average molecular weight is 386 g/mol. The monoisotopic (exact) mass is 386 g/mol. The van der Waals surface area contributed by atoms with E-state index in [9.17, 15) is 19.7 Å². The van der Waals surface area contributed by atoms with Crippen LogP contribution in [0.1, 0.15) is 41.9 Å². The topological polar surface area (TPSA) is 127 Å². The normalized spacial score (nSPS) is 16.0. The number of para-hydroxylation sites is 1. The summed E-state index contributed by atoms with van der Waals surface area (Å²) in [6, 6.07) is 5.13. The number of hydrogen-bond donors (Lipinski definition) is 3. The van der Waals surface area contributed by atoms with Gasteiger partial charge >= 0.3 is 13.1 Å². The van der Waals surface area contributed by atoms with Gasteiger partial charge in [0.05, 0.1) is 17.5 Å². The molecule has 0 saturated carbocycles. The molecule has 10 heteroatoms. The molecule has 0 unspecified atom stereocenters. The number of carbonyl (C=O) groups excluding carboxylic acids is 1. The number of carbonyl (C=O) groups is 2. The number of hydrogen-bond acceptors (Lipinski definition) is 7. The molecule has 9 nitrogen and oxygen atoms in total. The molecule has 1 aromatic heterocycles. The van der Waals surface area contributed by atoms with E-state index < -0.39 is 18.9 Å². The first-order valence-corrected chi connectivity index (χ1v) is 9.17. The molecule has 3 rings (SSSR count). The van der Waals surface area contributed by atoms with E-state index in [-0.39, 0.29) is 30.1 Å². The van der Waals surface area contributed by atoms with Gasteiger partial charge in [-0.25, -0.2) is 9.48 Å². The van der Waals surface area contributed by atoms with Gasteiger partial charge in [-0.1, -0.05) is 31.2 Å². The molecule has 1 aliphatic heterocycles. The molecule has 2 heterocycles. The highest BCUT2D eigenvalue weighted by molar-refractivity contribution is 6.47. The van der Waals surface area contributed by atoms with Crippen LogP contribution >= 0.6 is 0 Å². The molecule has 1 aromatic carbocycles. The molecule has 0 spiro atoms. The third-order valence-electron chi connectivity index (χ3n) is 4.56. The zero-order chi connectivity index (χ0) is 20.3. The molecule has 0 saturated heterocycles. The highest BCUT2D eigenvalue weighted by Gasteiger charge is 2.37. The molecule has 0 radical (unpaired) electrons. The molecule has 0 fully saturated rings. The Morgan fingerprint density at radius 2 is 2.21 bits per heavy atom. The van der Waals surface area contributed by atoms with Crippen molar-refractivity contribution < 1.29 is 24.4 Å². The van der Waals surface area contributed by atoms with Gasteiger partial charge in [-0.3, -0.25) is 4.79 Å². The van der Waals surface area contributed by atoms with Crippen molar-refractivity contribution in [3.8, 4) is 5.75 Å². The van der Waals surface area contributed by atoms with Gasteiger partial charge in [-0.15, -0.1) is 5.10 Å². The molecule has 148 valence electrons. The lowest BCUT2D eigenvalue weighted by molar-refractivity contribution is -0.120. The Bertz CT molecular complexity index is 869. The maximum absolute atomic E-state index is 12.4. The van der Waals surface area contributed by atoms with Crippen LogP contribution in [0.2, 0.25) is 5.82 Å². The van der Waals surface area contributed by atoms with Crippen molar-refractivity contribution in [3.05, 3.63) is 41.2 Å². The Morgan fingerprint density at radius 1 is 1.43 bits per heavy atom. The van der Waals surface area contributed by atoms with Gasteiger partial charge in [0.1, 0.15) is 12.3 Å². The minimum absolute atomic E-state index is 0.00600. The standard InChI is InChI=1S/C18H23BN4O5/c1-11(2)20-8-14-9-23(22-21-14)10-15(24)7-13-6-12-4-3-5-16(18(25)26)17(12)28-19(13)27/h3-5,9,11,13,20,27H,6-8,10H2,1-2H3,(H,25,26)/t13-/m1/s1. The van der Waals surface area contributed by atoms with Crippen LogP contribution < -0.4 is 9.97 Å². The van der Waals surface area contributed by atoms with Crippen LogP contribution in [-0.2, 0) is 24.3 Å². The van der Waals surface area contributed by atoms with E-state index in [0.717, 1.165) is 5.69 Å². The smallest absolute Gasteiger partial charge is 0.526 e. The van der Waals surface area contributed by atoms with Crippen LogP contribution in [0.25, 0.3) is 0 Å². The largest absolute Gasteiger partial charge is 0.535 e. The molecule has 2 aromatic rings. The van der Waals surface area contributed by atoms with Gasteiger partial charge in [0.2, 0.25) is 0 Å². The van der Waals surface area contributed by atoms with Crippen molar-refractivity contribution in [3.63, 3.8) is 0 Å². The first-order valence-electron chi connectivity index (χ1n) is 9.17. The number of ketones is 1. The number of Topliss-reactive ketones (excluding diaryl/α,β-unsaturated/α-hetero) is 1. The number of carboxylic acid groups (broad SMARTS) is 1. The van der Waals surface area contributed by atoms with Crippen molar-refractivity contribution in [2.45, 2.75) is 51.6 Å². The maximum Gasteiger partial charge on any atom is 0.526 e. The van der Waals surface area contributed by atoms with E-state index >= 15 is 0 Å². The zero-order valence-corrected chi connectivity index (χ0v) is 15.8. The van der Waals surface area contributed by atoms with Gasteiger partial charge < -0.3 is 20.1 Å². The van der Waals surface area contributed by atoms with E-state index in [2.05, 4.69) is 15.6 Å². The SMILES string of the molecule is CC(C)NCc1cn(CC(=O)C[C@H]2Cc3cccc(C(=O)O)c3OB2O)nn1. The average Bonchev–Trinajstić information content (AvgIpc) is 3.07. The molecule has 28 heavy (non-hydrogen) atoms. The maximum atomic E-state index is 12.4. The fourth-order valence-corrected chi connectivity index (χ4v) is 3.17. The minimum Gasteiger partial charge on any atom is -0.535 e. The molecule has 0 amide bonds. The predicted octanol–water partition coefficient (Wildman–Crippen LogP) is 0.919. The van der Waals surface area contributed by atoms with Crippen molar-refractivity contribution in [1.82, 2.24) is 20.3 Å². The van der Waals surface area contributed by atoms with Gasteiger partial charge in [0.25, 0.3) is 0 Å². The Hall–Kier alpha value is -2.72. The van der Waals surface area contributed by atoms with Gasteiger partial charge in [0, 0.05) is 24.8 Å². The summed E-state index contributed by atoms with van der Waals surface area (Å²) < 4.78 is 6.90. The van der Waals surface area contributed by atoms with Crippen LogP contribution in [0.3, 0.4) is 0 Å². The Morgan fingerprint density at radius 3 is 2.93 bits per heavy atom. The minimum atomic E-state index is -1.24. The first kappa shape index (κ1) is 20.0. The summed E-state index contributed by atoms with van der Waals surface area (Å²) in [6.45, 7) is 4.69. The number of aromatic carboxylic acids is 1. The summed E-state index contributed by atoms with van der Waals surface area (Å²) in [7, 11) is -1.24. The van der Waals surface area contributed by atoms with Crippen LogP contribution in [0.5, 0.6) is 5.75 Å². The fraction of sp³-hybridized carbons (Fsp3) is 0.444. The second kappa shape index (κ2) is 8.53. The molecule has 0 aliphatic carbocycles. The first-order chi connectivity index (χ1) is 13.3. The molecular formula is C18H23BN4O5. The van der Waals surface area contributed by atoms with Crippen LogP contribution in [-0.4, -0.2) is 50.0 Å². The van der Waals surface area contributed by atoms with Gasteiger partial charge in [-0.05, 0) is 18.1 Å². The number of nitrogens with zero attached hydrogens (tertiary/aromatic N) is 3. The summed E-state index contributed by atoms with van der Waals surface area (Å²) in [5.41, 5.74) is 1.43. The van der Waals surface area contributed by atoms with E-state index in [4.69, 9.17) is 4.65 Å². The lowest BCUT2D eigenvalue weighted by atomic mass is 9.64. The van der Waals surface area contributed by atoms with Crippen molar-refractivity contribution in [1.29, 1.82) is 0 Å². The Kier molecular flexibility index (Phi) is 6.10. The summed E-state index contributed by atoms with van der Waals surface area (Å²) in [5, 5.41) is 30.7. The highest BCUT2D eigenvalue weighted by Crippen LogP contribution is 2.36. The number of fused-ring (bicyclic) bond motifs is 1. The lowest BCUT2D eigenvalue weighted by Crippen LogP contribution is -2.36. The predicted molar refractivity (Wildman–Crippen MR) is 101 cm³/mol. The highest BCUT2D eigenvalue weighted by atomic mass is 16.5. The second-order valence-corrected chi connectivity index (χ2v) is 7.26. The summed E-state index contributed by atoms with van der Waals surface area (Å²) in [6.07, 6.45) is 2.18. The fourth-order valence-electron chi connectivity index (χ4n) is 3.17. The number of benzene rings is 1. The second-order valence-electron chi connectivity index (χ2n) is 7.26. The van der Waals surface area contributed by atoms with E-state index in [1.165, 1.54) is 10.7 Å². The number of carboxylic acids is 1. The number of nitrogens with one attached hydrogen (secondary N) is 1. The van der Waals surface area contributed by atoms with Crippen LogP contribution in [0.15, 0.2) is 24.4 Å². The quantitative estimate of drug-likeness (QED) is 0.572. The number of aromatic nitrogens is 3. The molecule has 1 aliphatic rings. The molecular weight excluding hydrogens is 363 g/mol. The summed E-state index contributed by atoms with van der Waals surface area (Å²) in [5.74, 6) is -1.51. The Labute approximate surface area is 162 Å². The summed E-state index contributed by atoms with van der Waals surface area (Å²) >= 11 is 0. The van der Waals surface area contributed by atoms with Crippen molar-refractivity contribution >= 4 is 18.9 Å². The zero-order valence-electron chi connectivity index (χ0n) is 15.8. The number of rotatable bonds is 8. The van der Waals surface area contributed by atoms with Gasteiger partial charge in [0.15, 0.2) is 5.78 Å².